The summed E-state index contributed by atoms with van der Waals surface area (Å²) in [5, 5.41) is 21.4. The molecular weight excluding hydrogens is 254 g/mol. The molecule has 0 radical (unpaired) electrons. The van der Waals surface area contributed by atoms with E-state index in [9.17, 15) is 9.90 Å². The summed E-state index contributed by atoms with van der Waals surface area (Å²) in [4.78, 5) is 15.6. The first kappa shape index (κ1) is 14.3. The molecule has 0 saturated heterocycles. The molecule has 0 amide bonds. The Labute approximate surface area is 118 Å². The molecular formula is C15H19N3O2. The van der Waals surface area contributed by atoms with Crippen LogP contribution >= 0.6 is 0 Å². The van der Waals surface area contributed by atoms with E-state index in [0.29, 0.717) is 30.1 Å². The van der Waals surface area contributed by atoms with Gasteiger partial charge in [-0.3, -0.25) is 0 Å². The lowest BCUT2D eigenvalue weighted by atomic mass is 9.75. The predicted octanol–water partition coefficient (Wildman–Crippen LogP) is 2.79. The molecule has 5 heteroatoms. The van der Waals surface area contributed by atoms with Crippen LogP contribution in [0.5, 0.6) is 0 Å². The average molecular weight is 273 g/mol. The normalized spacial score (nSPS) is 25.7. The number of carbonyl (C=O) groups is 1. The molecule has 0 aliphatic heterocycles. The van der Waals surface area contributed by atoms with E-state index < -0.39 is 11.5 Å². The smallest absolute Gasteiger partial charge is 0.329 e. The second-order valence-electron chi connectivity index (χ2n) is 5.41. The number of nitrogens with one attached hydrogen (secondary N) is 1. The first-order valence-corrected chi connectivity index (χ1v) is 6.97. The van der Waals surface area contributed by atoms with E-state index in [4.69, 9.17) is 5.26 Å². The van der Waals surface area contributed by atoms with Gasteiger partial charge in [0.15, 0.2) is 0 Å². The lowest BCUT2D eigenvalue weighted by Gasteiger charge is -2.37. The lowest BCUT2D eigenvalue weighted by molar-refractivity contribution is -0.143. The molecule has 106 valence electrons. The van der Waals surface area contributed by atoms with E-state index in [1.165, 1.54) is 6.20 Å². The third kappa shape index (κ3) is 2.90. The molecule has 0 unspecified atom stereocenters. The van der Waals surface area contributed by atoms with Crippen molar-refractivity contribution in [3.05, 3.63) is 24.0 Å². The Morgan fingerprint density at radius 2 is 2.25 bits per heavy atom. The minimum absolute atomic E-state index is 0.328. The molecule has 0 atom stereocenters. The molecule has 0 aromatic carbocycles. The van der Waals surface area contributed by atoms with Crippen molar-refractivity contribution in [3.63, 3.8) is 0 Å². The van der Waals surface area contributed by atoms with E-state index in [0.717, 1.165) is 19.3 Å². The fourth-order valence-corrected chi connectivity index (χ4v) is 2.78. The van der Waals surface area contributed by atoms with Crippen LogP contribution in [0.2, 0.25) is 0 Å². The molecule has 1 aromatic rings. The number of carboxylic acid groups (broad SMARTS) is 1. The van der Waals surface area contributed by atoms with Gasteiger partial charge in [-0.05, 0) is 43.7 Å². The van der Waals surface area contributed by atoms with E-state index in [1.807, 2.05) is 6.07 Å². The highest BCUT2D eigenvalue weighted by molar-refractivity contribution is 5.82. The molecule has 2 N–H and O–H groups in total. The first-order chi connectivity index (χ1) is 9.59. The van der Waals surface area contributed by atoms with Crippen LogP contribution in [0.15, 0.2) is 18.3 Å². The van der Waals surface area contributed by atoms with Crippen LogP contribution in [-0.4, -0.2) is 21.6 Å². The lowest BCUT2D eigenvalue weighted by Crippen LogP contribution is -2.49. The van der Waals surface area contributed by atoms with Crippen molar-refractivity contribution in [1.82, 2.24) is 4.98 Å². The Bertz CT molecular complexity index is 511. The minimum Gasteiger partial charge on any atom is -0.480 e. The molecule has 2 rings (SSSR count). The number of carboxylic acids is 1. The van der Waals surface area contributed by atoms with Gasteiger partial charge < -0.3 is 10.4 Å². The van der Waals surface area contributed by atoms with Crippen molar-refractivity contribution in [3.8, 4) is 6.07 Å². The monoisotopic (exact) mass is 273 g/mol. The maximum absolute atomic E-state index is 11.7. The number of nitrogens with zero attached hydrogens (tertiary/aromatic N) is 2. The molecule has 0 spiro atoms. The number of nitriles is 1. The predicted molar refractivity (Wildman–Crippen MR) is 75.2 cm³/mol. The van der Waals surface area contributed by atoms with Gasteiger partial charge in [0.25, 0.3) is 0 Å². The van der Waals surface area contributed by atoms with Crippen molar-refractivity contribution in [1.29, 1.82) is 5.26 Å². The molecule has 1 aliphatic carbocycles. The largest absolute Gasteiger partial charge is 0.480 e. The van der Waals surface area contributed by atoms with Crippen LogP contribution in [0.1, 0.15) is 44.7 Å². The fourth-order valence-electron chi connectivity index (χ4n) is 2.78. The summed E-state index contributed by atoms with van der Waals surface area (Å²) in [7, 11) is 0. The zero-order valence-corrected chi connectivity index (χ0v) is 11.6. The molecule has 1 aromatic heterocycles. The number of aromatic nitrogens is 1. The molecule has 20 heavy (non-hydrogen) atoms. The van der Waals surface area contributed by atoms with Gasteiger partial charge in [-0.1, -0.05) is 13.3 Å². The van der Waals surface area contributed by atoms with Gasteiger partial charge in [0.05, 0.1) is 11.9 Å². The van der Waals surface area contributed by atoms with Gasteiger partial charge in [0.1, 0.15) is 17.3 Å². The highest BCUT2D eigenvalue weighted by Gasteiger charge is 2.41. The minimum atomic E-state index is -0.901. The zero-order chi connectivity index (χ0) is 14.6. The number of pyridine rings is 1. The molecule has 1 aliphatic rings. The van der Waals surface area contributed by atoms with Crippen LogP contribution in [-0.2, 0) is 4.79 Å². The van der Waals surface area contributed by atoms with Crippen LogP contribution in [0.25, 0.3) is 0 Å². The van der Waals surface area contributed by atoms with Crippen LogP contribution in [0.4, 0.5) is 5.69 Å². The Morgan fingerprint density at radius 3 is 2.70 bits per heavy atom. The first-order valence-electron chi connectivity index (χ1n) is 6.97. The number of anilines is 1. The fraction of sp³-hybridized carbons (Fsp3) is 0.533. The van der Waals surface area contributed by atoms with Gasteiger partial charge in [-0.15, -0.1) is 0 Å². The summed E-state index contributed by atoms with van der Waals surface area (Å²) >= 11 is 0. The number of aliphatic carboxylic acids is 1. The van der Waals surface area contributed by atoms with Gasteiger partial charge in [-0.25, -0.2) is 9.78 Å². The maximum Gasteiger partial charge on any atom is 0.329 e. The SMILES string of the molecule is CCC1CCC(Nc2ccc(C#N)nc2)(C(=O)O)CC1. The van der Waals surface area contributed by atoms with E-state index in [1.54, 1.807) is 12.1 Å². The van der Waals surface area contributed by atoms with Crippen molar-refractivity contribution in [2.75, 3.05) is 5.32 Å². The standard InChI is InChI=1S/C15H19N3O2/c1-2-11-5-7-15(8-6-11,14(19)20)18-13-4-3-12(9-16)17-10-13/h3-4,10-11,18H,2,5-8H2,1H3,(H,19,20). The molecule has 0 bridgehead atoms. The average Bonchev–Trinajstić information content (AvgIpc) is 2.48. The summed E-state index contributed by atoms with van der Waals surface area (Å²) in [6.45, 7) is 2.15. The summed E-state index contributed by atoms with van der Waals surface area (Å²) in [6.07, 6.45) is 5.74. The maximum atomic E-state index is 11.7. The highest BCUT2D eigenvalue weighted by atomic mass is 16.4. The Morgan fingerprint density at radius 1 is 1.55 bits per heavy atom. The quantitative estimate of drug-likeness (QED) is 0.881. The van der Waals surface area contributed by atoms with Crippen molar-refractivity contribution >= 4 is 11.7 Å². The summed E-state index contributed by atoms with van der Waals surface area (Å²) < 4.78 is 0. The van der Waals surface area contributed by atoms with Crippen LogP contribution in [0, 0.1) is 17.2 Å². The van der Waals surface area contributed by atoms with Crippen LogP contribution in [0.3, 0.4) is 0 Å². The van der Waals surface area contributed by atoms with Gasteiger partial charge in [-0.2, -0.15) is 5.26 Å². The number of hydrogen-bond donors (Lipinski definition) is 2. The Balaban J connectivity index is 2.13. The third-order valence-electron chi connectivity index (χ3n) is 4.21. The van der Waals surface area contributed by atoms with E-state index >= 15 is 0 Å². The number of hydrogen-bond acceptors (Lipinski definition) is 4. The molecule has 1 heterocycles. The zero-order valence-electron chi connectivity index (χ0n) is 11.6. The molecule has 1 saturated carbocycles. The topological polar surface area (TPSA) is 86.0 Å². The third-order valence-corrected chi connectivity index (χ3v) is 4.21. The number of rotatable bonds is 4. The Hall–Kier alpha value is -2.09. The molecule has 1 fully saturated rings. The van der Waals surface area contributed by atoms with Crippen molar-refractivity contribution in [2.45, 2.75) is 44.6 Å². The highest BCUT2D eigenvalue weighted by Crippen LogP contribution is 2.36. The van der Waals surface area contributed by atoms with E-state index in [-0.39, 0.29) is 0 Å². The summed E-state index contributed by atoms with van der Waals surface area (Å²) in [5.74, 6) is -0.181. The van der Waals surface area contributed by atoms with Gasteiger partial charge in [0, 0.05) is 0 Å². The van der Waals surface area contributed by atoms with Gasteiger partial charge >= 0.3 is 5.97 Å². The van der Waals surface area contributed by atoms with Crippen LogP contribution < -0.4 is 5.32 Å². The van der Waals surface area contributed by atoms with E-state index in [2.05, 4.69) is 17.2 Å². The second-order valence-corrected chi connectivity index (χ2v) is 5.41. The summed E-state index contributed by atoms with van der Waals surface area (Å²) in [6, 6.07) is 5.25. The van der Waals surface area contributed by atoms with Crippen molar-refractivity contribution < 1.29 is 9.90 Å². The summed E-state index contributed by atoms with van der Waals surface area (Å²) in [5.41, 5.74) is 0.0811. The van der Waals surface area contributed by atoms with Gasteiger partial charge in [0.2, 0.25) is 0 Å². The van der Waals surface area contributed by atoms with Crippen molar-refractivity contribution in [2.24, 2.45) is 5.92 Å². The second kappa shape index (κ2) is 5.91. The Kier molecular flexibility index (Phi) is 4.23. The molecule has 5 nitrogen and oxygen atoms in total.